The van der Waals surface area contributed by atoms with Crippen LogP contribution in [-0.4, -0.2) is 35.0 Å². The fourth-order valence-corrected chi connectivity index (χ4v) is 3.29. The number of aromatic nitrogens is 1. The molecule has 0 spiro atoms. The van der Waals surface area contributed by atoms with Crippen LogP contribution >= 0.6 is 0 Å². The molecule has 4 heteroatoms. The zero-order valence-corrected chi connectivity index (χ0v) is 12.6. The monoisotopic (exact) mass is 296 g/mol. The van der Waals surface area contributed by atoms with Gasteiger partial charge in [0.05, 0.1) is 6.54 Å². The van der Waals surface area contributed by atoms with Gasteiger partial charge in [-0.25, -0.2) is 0 Å². The summed E-state index contributed by atoms with van der Waals surface area (Å²) in [5.74, 6) is 1.42. The second-order valence-corrected chi connectivity index (χ2v) is 6.27. The zero-order chi connectivity index (χ0) is 14.9. The van der Waals surface area contributed by atoms with E-state index in [-0.39, 0.29) is 12.0 Å². The average molecular weight is 296 g/mol. The minimum absolute atomic E-state index is 0.0802. The number of rotatable bonds is 3. The number of likely N-dealkylation sites (tertiary alicyclic amines) is 1. The molecule has 2 heterocycles. The lowest BCUT2D eigenvalue weighted by Crippen LogP contribution is -2.38. The molecule has 1 aromatic carbocycles. The van der Waals surface area contributed by atoms with Crippen molar-refractivity contribution in [2.24, 2.45) is 5.92 Å². The third-order valence-electron chi connectivity index (χ3n) is 4.80. The first-order chi connectivity index (χ1) is 10.8. The molecule has 1 saturated carbocycles. The molecule has 0 radical (unpaired) electrons. The largest absolute Gasteiger partial charge is 0.486 e. The summed E-state index contributed by atoms with van der Waals surface area (Å²) in [6.07, 6.45) is 6.10. The first-order valence-corrected chi connectivity index (χ1v) is 8.10. The Labute approximate surface area is 130 Å². The van der Waals surface area contributed by atoms with Gasteiger partial charge in [0.1, 0.15) is 17.4 Å². The lowest BCUT2D eigenvalue weighted by molar-refractivity contribution is -0.137. The Kier molecular flexibility index (Phi) is 3.45. The highest BCUT2D eigenvalue weighted by atomic mass is 16.5. The Morgan fingerprint density at radius 3 is 2.86 bits per heavy atom. The van der Waals surface area contributed by atoms with Crippen molar-refractivity contribution >= 4 is 16.8 Å². The van der Waals surface area contributed by atoms with Crippen molar-refractivity contribution in [1.29, 1.82) is 0 Å². The second-order valence-electron chi connectivity index (χ2n) is 6.27. The highest BCUT2D eigenvalue weighted by Gasteiger charge is 2.34. The molecular weight excluding hydrogens is 276 g/mol. The summed E-state index contributed by atoms with van der Waals surface area (Å²) in [7, 11) is 0. The Balaban J connectivity index is 1.46. The maximum atomic E-state index is 12.3. The standard InChI is InChI=1S/C18H20N2O2/c21-18(14-5-1-6-14)20-11-9-15(12-20)22-16-8-2-4-13-7-3-10-19-17(13)16/h2-4,7-8,10,14-15H,1,5-6,9,11-12H2. The third-order valence-corrected chi connectivity index (χ3v) is 4.80. The summed E-state index contributed by atoms with van der Waals surface area (Å²) in [5, 5.41) is 1.08. The smallest absolute Gasteiger partial charge is 0.225 e. The second kappa shape index (κ2) is 5.59. The van der Waals surface area contributed by atoms with Crippen LogP contribution in [0.3, 0.4) is 0 Å². The van der Waals surface area contributed by atoms with E-state index >= 15 is 0 Å². The predicted octanol–water partition coefficient (Wildman–Crippen LogP) is 3.01. The molecule has 4 rings (SSSR count). The van der Waals surface area contributed by atoms with Gasteiger partial charge in [-0.2, -0.15) is 0 Å². The summed E-state index contributed by atoms with van der Waals surface area (Å²) >= 11 is 0. The van der Waals surface area contributed by atoms with E-state index in [0.717, 1.165) is 42.5 Å². The molecule has 0 N–H and O–H groups in total. The molecule has 1 amide bonds. The quantitative estimate of drug-likeness (QED) is 0.874. The minimum Gasteiger partial charge on any atom is -0.486 e. The van der Waals surface area contributed by atoms with E-state index in [0.29, 0.717) is 12.5 Å². The molecule has 1 aromatic heterocycles. The normalized spacial score (nSPS) is 21.8. The van der Waals surface area contributed by atoms with Gasteiger partial charge in [0.25, 0.3) is 0 Å². The van der Waals surface area contributed by atoms with E-state index in [2.05, 4.69) is 4.98 Å². The van der Waals surface area contributed by atoms with Crippen LogP contribution < -0.4 is 4.74 Å². The van der Waals surface area contributed by atoms with Crippen molar-refractivity contribution in [3.63, 3.8) is 0 Å². The molecule has 1 aliphatic carbocycles. The van der Waals surface area contributed by atoms with Gasteiger partial charge in [-0.05, 0) is 25.0 Å². The molecule has 1 saturated heterocycles. The number of hydrogen-bond acceptors (Lipinski definition) is 3. The highest BCUT2D eigenvalue weighted by molar-refractivity contribution is 5.84. The van der Waals surface area contributed by atoms with Gasteiger partial charge < -0.3 is 9.64 Å². The Bertz CT molecular complexity index is 691. The molecular formula is C18H20N2O2. The van der Waals surface area contributed by atoms with Crippen LogP contribution in [0, 0.1) is 5.92 Å². The maximum absolute atomic E-state index is 12.3. The number of benzene rings is 1. The number of carbonyl (C=O) groups excluding carboxylic acids is 1. The third kappa shape index (κ3) is 2.43. The van der Waals surface area contributed by atoms with E-state index in [9.17, 15) is 4.79 Å². The summed E-state index contributed by atoms with van der Waals surface area (Å²) in [6, 6.07) is 9.96. The molecule has 2 aliphatic rings. The van der Waals surface area contributed by atoms with Crippen LogP contribution in [0.25, 0.3) is 10.9 Å². The van der Waals surface area contributed by atoms with Gasteiger partial charge in [0.2, 0.25) is 5.91 Å². The molecule has 22 heavy (non-hydrogen) atoms. The van der Waals surface area contributed by atoms with Crippen molar-refractivity contribution in [2.45, 2.75) is 31.8 Å². The number of nitrogens with zero attached hydrogens (tertiary/aromatic N) is 2. The van der Waals surface area contributed by atoms with E-state index in [1.807, 2.05) is 35.2 Å². The number of hydrogen-bond donors (Lipinski definition) is 0. The fourth-order valence-electron chi connectivity index (χ4n) is 3.29. The van der Waals surface area contributed by atoms with Crippen molar-refractivity contribution in [3.05, 3.63) is 36.5 Å². The average Bonchev–Trinajstić information content (AvgIpc) is 2.94. The van der Waals surface area contributed by atoms with Crippen molar-refractivity contribution < 1.29 is 9.53 Å². The lowest BCUT2D eigenvalue weighted by Gasteiger charge is -2.29. The SMILES string of the molecule is O=C(C1CCC1)N1CCC(Oc2cccc3cccnc23)C1. The molecule has 2 aromatic rings. The lowest BCUT2D eigenvalue weighted by atomic mass is 9.84. The number of amides is 1. The van der Waals surface area contributed by atoms with E-state index in [1.165, 1.54) is 6.42 Å². The van der Waals surface area contributed by atoms with Crippen LogP contribution in [0.4, 0.5) is 0 Å². The van der Waals surface area contributed by atoms with Gasteiger partial charge in [-0.15, -0.1) is 0 Å². The van der Waals surface area contributed by atoms with E-state index < -0.39 is 0 Å². The molecule has 2 fully saturated rings. The number of carbonyl (C=O) groups is 1. The summed E-state index contributed by atoms with van der Waals surface area (Å²) < 4.78 is 6.14. The number of para-hydroxylation sites is 1. The Morgan fingerprint density at radius 1 is 1.18 bits per heavy atom. The molecule has 4 nitrogen and oxygen atoms in total. The Morgan fingerprint density at radius 2 is 2.05 bits per heavy atom. The van der Waals surface area contributed by atoms with E-state index in [4.69, 9.17) is 4.74 Å². The summed E-state index contributed by atoms with van der Waals surface area (Å²) in [6.45, 7) is 1.52. The minimum atomic E-state index is 0.0802. The number of ether oxygens (including phenoxy) is 1. The van der Waals surface area contributed by atoms with Gasteiger partial charge in [-0.1, -0.05) is 24.6 Å². The summed E-state index contributed by atoms with van der Waals surface area (Å²) in [4.78, 5) is 18.7. The van der Waals surface area contributed by atoms with Crippen molar-refractivity contribution in [1.82, 2.24) is 9.88 Å². The van der Waals surface area contributed by atoms with Crippen molar-refractivity contribution in [2.75, 3.05) is 13.1 Å². The number of fused-ring (bicyclic) bond motifs is 1. The van der Waals surface area contributed by atoms with Gasteiger partial charge >= 0.3 is 0 Å². The van der Waals surface area contributed by atoms with Crippen LogP contribution in [0.15, 0.2) is 36.5 Å². The topological polar surface area (TPSA) is 42.4 Å². The number of pyridine rings is 1. The first-order valence-electron chi connectivity index (χ1n) is 8.10. The van der Waals surface area contributed by atoms with Gasteiger partial charge in [0.15, 0.2) is 0 Å². The molecule has 1 unspecified atom stereocenters. The first kappa shape index (κ1) is 13.6. The highest BCUT2D eigenvalue weighted by Crippen LogP contribution is 2.31. The molecule has 0 bridgehead atoms. The molecule has 114 valence electrons. The Hall–Kier alpha value is -2.10. The molecule has 1 atom stereocenters. The summed E-state index contributed by atoms with van der Waals surface area (Å²) in [5.41, 5.74) is 0.897. The zero-order valence-electron chi connectivity index (χ0n) is 12.6. The van der Waals surface area contributed by atoms with Crippen LogP contribution in [0.5, 0.6) is 5.75 Å². The van der Waals surface area contributed by atoms with Crippen LogP contribution in [0.1, 0.15) is 25.7 Å². The molecule has 1 aliphatic heterocycles. The van der Waals surface area contributed by atoms with E-state index in [1.54, 1.807) is 6.20 Å². The van der Waals surface area contributed by atoms with Crippen LogP contribution in [-0.2, 0) is 4.79 Å². The van der Waals surface area contributed by atoms with Crippen molar-refractivity contribution in [3.8, 4) is 5.75 Å². The fraction of sp³-hybridized carbons (Fsp3) is 0.444. The van der Waals surface area contributed by atoms with Gasteiger partial charge in [-0.3, -0.25) is 9.78 Å². The maximum Gasteiger partial charge on any atom is 0.225 e. The predicted molar refractivity (Wildman–Crippen MR) is 84.7 cm³/mol. The van der Waals surface area contributed by atoms with Crippen LogP contribution in [0.2, 0.25) is 0 Å². The van der Waals surface area contributed by atoms with Gasteiger partial charge in [0, 0.05) is 30.5 Å².